The van der Waals surface area contributed by atoms with Crippen molar-refractivity contribution in [3.8, 4) is 0 Å². The molecule has 0 radical (unpaired) electrons. The van der Waals surface area contributed by atoms with Gasteiger partial charge in [-0.15, -0.1) is 0 Å². The van der Waals surface area contributed by atoms with E-state index in [2.05, 4.69) is 10.6 Å². The first-order valence-electron chi connectivity index (χ1n) is 5.28. The highest BCUT2D eigenvalue weighted by molar-refractivity contribution is 5.87. The fourth-order valence-corrected chi connectivity index (χ4v) is 1.09. The van der Waals surface area contributed by atoms with Crippen molar-refractivity contribution in [1.82, 2.24) is 10.6 Å². The summed E-state index contributed by atoms with van der Waals surface area (Å²) in [6.45, 7) is 6.44. The second-order valence-electron chi connectivity index (χ2n) is 3.73. The summed E-state index contributed by atoms with van der Waals surface area (Å²) in [5.41, 5.74) is 5.40. The van der Waals surface area contributed by atoms with Crippen molar-refractivity contribution in [3.05, 3.63) is 0 Å². The monoisotopic (exact) mass is 215 g/mol. The van der Waals surface area contributed by atoms with Crippen LogP contribution in [0.3, 0.4) is 0 Å². The van der Waals surface area contributed by atoms with E-state index in [1.54, 1.807) is 6.92 Å². The van der Waals surface area contributed by atoms with Gasteiger partial charge in [0, 0.05) is 13.0 Å². The van der Waals surface area contributed by atoms with E-state index in [-0.39, 0.29) is 17.7 Å². The molecule has 0 aromatic carbocycles. The largest absolute Gasteiger partial charge is 0.355 e. The van der Waals surface area contributed by atoms with Gasteiger partial charge in [0.05, 0.1) is 0 Å². The Labute approximate surface area is 90.8 Å². The third kappa shape index (κ3) is 6.06. The number of nitrogens with one attached hydrogen (secondary N) is 2. The highest BCUT2D eigenvalue weighted by Gasteiger charge is 2.15. The molecule has 0 heterocycles. The lowest BCUT2D eigenvalue weighted by Crippen LogP contribution is -2.45. The summed E-state index contributed by atoms with van der Waals surface area (Å²) < 4.78 is 0. The van der Waals surface area contributed by atoms with Gasteiger partial charge in [-0.05, 0) is 26.3 Å². The lowest BCUT2D eigenvalue weighted by Gasteiger charge is -2.14. The van der Waals surface area contributed by atoms with Gasteiger partial charge in [0.25, 0.3) is 0 Å². The molecule has 2 unspecified atom stereocenters. The van der Waals surface area contributed by atoms with Crippen LogP contribution in [0.5, 0.6) is 0 Å². The zero-order valence-electron chi connectivity index (χ0n) is 9.67. The Hall–Kier alpha value is -1.10. The number of nitrogens with two attached hydrogens (primary N) is 1. The van der Waals surface area contributed by atoms with Gasteiger partial charge in [-0.1, -0.05) is 6.92 Å². The molecule has 2 amide bonds. The molecule has 0 aliphatic carbocycles. The fraction of sp³-hybridized carbons (Fsp3) is 0.800. The molecule has 0 saturated carbocycles. The minimum atomic E-state index is -0.484. The van der Waals surface area contributed by atoms with Gasteiger partial charge in [-0.25, -0.2) is 0 Å². The third-order valence-corrected chi connectivity index (χ3v) is 2.06. The number of carbonyl (C=O) groups is 2. The predicted molar refractivity (Wildman–Crippen MR) is 59.1 cm³/mol. The van der Waals surface area contributed by atoms with Crippen LogP contribution in [0.4, 0.5) is 0 Å². The van der Waals surface area contributed by atoms with E-state index in [4.69, 9.17) is 5.73 Å². The number of rotatable bonds is 6. The van der Waals surface area contributed by atoms with Gasteiger partial charge in [0.2, 0.25) is 11.8 Å². The molecule has 0 aromatic rings. The molecule has 0 aromatic heterocycles. The third-order valence-electron chi connectivity index (χ3n) is 2.06. The average Bonchev–Trinajstić information content (AvgIpc) is 2.17. The molecule has 0 spiro atoms. The quantitative estimate of drug-likeness (QED) is 0.564. The summed E-state index contributed by atoms with van der Waals surface area (Å²) in [6, 6.07) is -0.484. The summed E-state index contributed by atoms with van der Waals surface area (Å²) >= 11 is 0. The van der Waals surface area contributed by atoms with Crippen LogP contribution in [0.2, 0.25) is 0 Å². The van der Waals surface area contributed by atoms with Crippen LogP contribution in [0.25, 0.3) is 0 Å². The first-order chi connectivity index (χ1) is 7.01. The van der Waals surface area contributed by atoms with E-state index in [0.29, 0.717) is 19.5 Å². The number of amides is 2. The number of carbonyl (C=O) groups excluding carboxylic acids is 2. The molecule has 0 bridgehead atoms. The van der Waals surface area contributed by atoms with Crippen molar-refractivity contribution < 1.29 is 9.59 Å². The van der Waals surface area contributed by atoms with Gasteiger partial charge in [-0.2, -0.15) is 0 Å². The Bertz CT molecular complexity index is 219. The van der Waals surface area contributed by atoms with Gasteiger partial charge < -0.3 is 16.4 Å². The molecule has 5 heteroatoms. The van der Waals surface area contributed by atoms with Crippen LogP contribution < -0.4 is 16.4 Å². The van der Waals surface area contributed by atoms with Crippen molar-refractivity contribution in [2.45, 2.75) is 33.2 Å². The molecule has 15 heavy (non-hydrogen) atoms. The second kappa shape index (κ2) is 7.23. The van der Waals surface area contributed by atoms with E-state index in [1.807, 2.05) is 13.8 Å². The Morgan fingerprint density at radius 1 is 1.33 bits per heavy atom. The van der Waals surface area contributed by atoms with Crippen LogP contribution in [-0.4, -0.2) is 30.9 Å². The minimum absolute atomic E-state index is 0.133. The second-order valence-corrected chi connectivity index (χ2v) is 3.73. The van der Waals surface area contributed by atoms with E-state index in [0.717, 1.165) is 0 Å². The summed E-state index contributed by atoms with van der Waals surface area (Å²) in [4.78, 5) is 22.7. The highest BCUT2D eigenvalue weighted by Crippen LogP contribution is 1.98. The molecule has 0 fully saturated rings. The molecule has 4 N–H and O–H groups in total. The lowest BCUT2D eigenvalue weighted by molar-refractivity contribution is -0.128. The summed E-state index contributed by atoms with van der Waals surface area (Å²) in [7, 11) is 0. The van der Waals surface area contributed by atoms with E-state index < -0.39 is 6.04 Å². The topological polar surface area (TPSA) is 84.2 Å². The van der Waals surface area contributed by atoms with Crippen molar-refractivity contribution in [2.24, 2.45) is 11.7 Å². The maximum atomic E-state index is 11.4. The van der Waals surface area contributed by atoms with Gasteiger partial charge in [0.1, 0.15) is 6.04 Å². The van der Waals surface area contributed by atoms with Gasteiger partial charge in [0.15, 0.2) is 0 Å². The molecule has 0 rings (SSSR count). The van der Waals surface area contributed by atoms with E-state index >= 15 is 0 Å². The maximum absolute atomic E-state index is 11.4. The number of hydrogen-bond acceptors (Lipinski definition) is 3. The highest BCUT2D eigenvalue weighted by atomic mass is 16.2. The standard InChI is InChI=1S/C10H21N3O2/c1-4-12-10(15)8(3)13-9(14)5-7(2)6-11/h7-8H,4-6,11H2,1-3H3,(H,12,15)(H,13,14). The van der Waals surface area contributed by atoms with Gasteiger partial charge >= 0.3 is 0 Å². The van der Waals surface area contributed by atoms with Crippen LogP contribution >= 0.6 is 0 Å². The fourth-order valence-electron chi connectivity index (χ4n) is 1.09. The zero-order chi connectivity index (χ0) is 11.8. The molecule has 0 aliphatic heterocycles. The SMILES string of the molecule is CCNC(=O)C(C)NC(=O)CC(C)CN. The summed E-state index contributed by atoms with van der Waals surface area (Å²) in [6.07, 6.45) is 0.361. The Morgan fingerprint density at radius 3 is 2.40 bits per heavy atom. The van der Waals surface area contributed by atoms with Crippen molar-refractivity contribution in [3.63, 3.8) is 0 Å². The Morgan fingerprint density at radius 2 is 1.93 bits per heavy atom. The molecular weight excluding hydrogens is 194 g/mol. The van der Waals surface area contributed by atoms with E-state index in [9.17, 15) is 9.59 Å². The smallest absolute Gasteiger partial charge is 0.242 e. The first-order valence-corrected chi connectivity index (χ1v) is 5.28. The average molecular weight is 215 g/mol. The molecule has 0 saturated heterocycles. The molecule has 88 valence electrons. The molecular formula is C10H21N3O2. The summed E-state index contributed by atoms with van der Waals surface area (Å²) in [5, 5.41) is 5.26. The number of likely N-dealkylation sites (N-methyl/N-ethyl adjacent to an activating group) is 1. The predicted octanol–water partition coefficient (Wildman–Crippen LogP) is -0.388. The molecule has 5 nitrogen and oxygen atoms in total. The lowest BCUT2D eigenvalue weighted by atomic mass is 10.1. The molecule has 2 atom stereocenters. The van der Waals surface area contributed by atoms with Crippen LogP contribution in [0, 0.1) is 5.92 Å². The zero-order valence-corrected chi connectivity index (χ0v) is 9.67. The number of hydrogen-bond donors (Lipinski definition) is 3. The minimum Gasteiger partial charge on any atom is -0.355 e. The van der Waals surface area contributed by atoms with Crippen LogP contribution in [-0.2, 0) is 9.59 Å². The summed E-state index contributed by atoms with van der Waals surface area (Å²) in [5.74, 6) is -0.149. The first kappa shape index (κ1) is 13.9. The van der Waals surface area contributed by atoms with Crippen molar-refractivity contribution in [1.29, 1.82) is 0 Å². The normalized spacial score (nSPS) is 14.1. The molecule has 0 aliphatic rings. The Kier molecular flexibility index (Phi) is 6.70. The van der Waals surface area contributed by atoms with Crippen LogP contribution in [0.15, 0.2) is 0 Å². The van der Waals surface area contributed by atoms with E-state index in [1.165, 1.54) is 0 Å². The van der Waals surface area contributed by atoms with Gasteiger partial charge in [-0.3, -0.25) is 9.59 Å². The van der Waals surface area contributed by atoms with Crippen molar-refractivity contribution in [2.75, 3.05) is 13.1 Å². The van der Waals surface area contributed by atoms with Crippen molar-refractivity contribution >= 4 is 11.8 Å². The Balaban J connectivity index is 3.90. The maximum Gasteiger partial charge on any atom is 0.242 e. The van der Waals surface area contributed by atoms with Crippen LogP contribution in [0.1, 0.15) is 27.2 Å².